The van der Waals surface area contributed by atoms with E-state index in [-0.39, 0.29) is 12.3 Å². The lowest BCUT2D eigenvalue weighted by Crippen LogP contribution is -2.33. The number of anilines is 2. The molecule has 0 saturated heterocycles. The van der Waals surface area contributed by atoms with Gasteiger partial charge in [0.2, 0.25) is 11.8 Å². The number of carbonyl (C=O) groups is 2. The SMILES string of the molecule is CCN(C(=O)CC(=O)Nc1cc(C)on1)c1ccccc1. The smallest absolute Gasteiger partial charge is 0.236 e. The second-order valence-electron chi connectivity index (χ2n) is 4.52. The molecule has 2 rings (SSSR count). The fourth-order valence-corrected chi connectivity index (χ4v) is 1.96. The number of nitrogens with zero attached hydrogens (tertiary/aromatic N) is 2. The van der Waals surface area contributed by atoms with Crippen molar-refractivity contribution in [1.29, 1.82) is 0 Å². The molecule has 21 heavy (non-hydrogen) atoms. The molecule has 0 spiro atoms. The van der Waals surface area contributed by atoms with Crippen LogP contribution in [0.15, 0.2) is 40.9 Å². The molecule has 6 heteroatoms. The third kappa shape index (κ3) is 3.92. The molecule has 0 fully saturated rings. The highest BCUT2D eigenvalue weighted by Crippen LogP contribution is 2.14. The summed E-state index contributed by atoms with van der Waals surface area (Å²) in [5, 5.41) is 6.19. The van der Waals surface area contributed by atoms with Gasteiger partial charge in [0, 0.05) is 18.3 Å². The third-order valence-corrected chi connectivity index (χ3v) is 2.89. The number of hydrogen-bond acceptors (Lipinski definition) is 4. The van der Waals surface area contributed by atoms with Crippen LogP contribution in [0.25, 0.3) is 0 Å². The van der Waals surface area contributed by atoms with Crippen LogP contribution in [0.4, 0.5) is 11.5 Å². The Bertz CT molecular complexity index is 622. The number of benzene rings is 1. The van der Waals surface area contributed by atoms with Crippen LogP contribution >= 0.6 is 0 Å². The minimum atomic E-state index is -0.414. The van der Waals surface area contributed by atoms with Crippen LogP contribution in [0.2, 0.25) is 0 Å². The van der Waals surface area contributed by atoms with E-state index in [2.05, 4.69) is 10.5 Å². The van der Waals surface area contributed by atoms with Crippen molar-refractivity contribution < 1.29 is 14.1 Å². The Labute approximate surface area is 122 Å². The van der Waals surface area contributed by atoms with E-state index in [1.54, 1.807) is 17.9 Å². The Morgan fingerprint density at radius 3 is 2.57 bits per heavy atom. The van der Waals surface area contributed by atoms with Gasteiger partial charge in [-0.3, -0.25) is 9.59 Å². The Hall–Kier alpha value is -2.63. The summed E-state index contributed by atoms with van der Waals surface area (Å²) < 4.78 is 4.85. The molecule has 0 aliphatic carbocycles. The summed E-state index contributed by atoms with van der Waals surface area (Å²) in [5.41, 5.74) is 0.773. The van der Waals surface area contributed by atoms with E-state index in [1.165, 1.54) is 0 Å². The monoisotopic (exact) mass is 287 g/mol. The van der Waals surface area contributed by atoms with E-state index in [9.17, 15) is 9.59 Å². The molecule has 0 saturated carbocycles. The summed E-state index contributed by atoms with van der Waals surface area (Å²) in [6.45, 7) is 4.09. The lowest BCUT2D eigenvalue weighted by molar-refractivity contribution is -0.125. The van der Waals surface area contributed by atoms with E-state index in [0.29, 0.717) is 18.1 Å². The van der Waals surface area contributed by atoms with Crippen molar-refractivity contribution in [3.8, 4) is 0 Å². The van der Waals surface area contributed by atoms with Crippen LogP contribution in [0.3, 0.4) is 0 Å². The Morgan fingerprint density at radius 2 is 2.00 bits per heavy atom. The van der Waals surface area contributed by atoms with Gasteiger partial charge < -0.3 is 14.7 Å². The molecular weight excluding hydrogens is 270 g/mol. The molecule has 0 radical (unpaired) electrons. The van der Waals surface area contributed by atoms with Gasteiger partial charge in [-0.05, 0) is 26.0 Å². The zero-order valence-electron chi connectivity index (χ0n) is 12.0. The van der Waals surface area contributed by atoms with E-state index in [1.807, 2.05) is 37.3 Å². The summed E-state index contributed by atoms with van der Waals surface area (Å²) in [5.74, 6) is 0.230. The summed E-state index contributed by atoms with van der Waals surface area (Å²) in [6, 6.07) is 10.8. The van der Waals surface area contributed by atoms with Gasteiger partial charge in [0.15, 0.2) is 5.82 Å². The minimum absolute atomic E-state index is 0.241. The summed E-state index contributed by atoms with van der Waals surface area (Å²) in [6.07, 6.45) is -0.241. The first-order valence-electron chi connectivity index (χ1n) is 6.68. The Balaban J connectivity index is 1.97. The molecule has 0 aliphatic heterocycles. The lowest BCUT2D eigenvalue weighted by atomic mass is 10.2. The van der Waals surface area contributed by atoms with Crippen molar-refractivity contribution in [3.63, 3.8) is 0 Å². The zero-order valence-corrected chi connectivity index (χ0v) is 12.0. The van der Waals surface area contributed by atoms with Gasteiger partial charge in [-0.15, -0.1) is 0 Å². The van der Waals surface area contributed by atoms with Gasteiger partial charge in [0.25, 0.3) is 0 Å². The van der Waals surface area contributed by atoms with Gasteiger partial charge in [-0.2, -0.15) is 0 Å². The largest absolute Gasteiger partial charge is 0.360 e. The number of rotatable bonds is 5. The highest BCUT2D eigenvalue weighted by molar-refractivity contribution is 6.08. The van der Waals surface area contributed by atoms with E-state index in [4.69, 9.17) is 4.52 Å². The first kappa shape index (κ1) is 14.8. The zero-order chi connectivity index (χ0) is 15.2. The van der Waals surface area contributed by atoms with Gasteiger partial charge in [-0.1, -0.05) is 23.4 Å². The van der Waals surface area contributed by atoms with Crippen molar-refractivity contribution in [3.05, 3.63) is 42.2 Å². The van der Waals surface area contributed by atoms with Crippen LogP contribution in [-0.2, 0) is 9.59 Å². The first-order valence-corrected chi connectivity index (χ1v) is 6.68. The number of aryl methyl sites for hydroxylation is 1. The molecule has 0 bridgehead atoms. The average Bonchev–Trinajstić information content (AvgIpc) is 2.85. The van der Waals surface area contributed by atoms with Crippen LogP contribution in [-0.4, -0.2) is 23.5 Å². The van der Waals surface area contributed by atoms with E-state index >= 15 is 0 Å². The van der Waals surface area contributed by atoms with Gasteiger partial charge >= 0.3 is 0 Å². The maximum Gasteiger partial charge on any atom is 0.236 e. The van der Waals surface area contributed by atoms with Crippen LogP contribution in [0, 0.1) is 6.92 Å². The quantitative estimate of drug-likeness (QED) is 0.857. The standard InChI is InChI=1S/C15H17N3O3/c1-3-18(12-7-5-4-6-8-12)15(20)10-14(19)16-13-9-11(2)21-17-13/h4-9H,3,10H2,1-2H3,(H,16,17,19). The molecule has 1 N–H and O–H groups in total. The highest BCUT2D eigenvalue weighted by Gasteiger charge is 2.18. The van der Waals surface area contributed by atoms with Crippen molar-refractivity contribution >= 4 is 23.3 Å². The van der Waals surface area contributed by atoms with Gasteiger partial charge in [0.05, 0.1) is 0 Å². The summed E-state index contributed by atoms with van der Waals surface area (Å²) in [4.78, 5) is 25.6. The number of nitrogens with one attached hydrogen (secondary N) is 1. The lowest BCUT2D eigenvalue weighted by Gasteiger charge is -2.20. The maximum atomic E-state index is 12.2. The van der Waals surface area contributed by atoms with Crippen LogP contribution in [0.5, 0.6) is 0 Å². The third-order valence-electron chi connectivity index (χ3n) is 2.89. The molecule has 2 aromatic rings. The Kier molecular flexibility index (Phi) is 4.71. The van der Waals surface area contributed by atoms with Crippen molar-refractivity contribution in [2.45, 2.75) is 20.3 Å². The summed E-state index contributed by atoms with van der Waals surface area (Å²) >= 11 is 0. The highest BCUT2D eigenvalue weighted by atomic mass is 16.5. The predicted octanol–water partition coefficient (Wildman–Crippen LogP) is 2.36. The maximum absolute atomic E-state index is 12.2. The molecule has 110 valence electrons. The van der Waals surface area contributed by atoms with Crippen molar-refractivity contribution in [2.75, 3.05) is 16.8 Å². The molecular formula is C15H17N3O3. The fourth-order valence-electron chi connectivity index (χ4n) is 1.96. The van der Waals surface area contributed by atoms with E-state index < -0.39 is 5.91 Å². The van der Waals surface area contributed by atoms with Gasteiger partial charge in [-0.25, -0.2) is 0 Å². The molecule has 0 atom stereocenters. The van der Waals surface area contributed by atoms with Gasteiger partial charge in [0.1, 0.15) is 12.2 Å². The molecule has 1 aromatic heterocycles. The molecule has 1 heterocycles. The normalized spacial score (nSPS) is 10.2. The average molecular weight is 287 g/mol. The molecule has 0 aliphatic rings. The number of amides is 2. The second-order valence-corrected chi connectivity index (χ2v) is 4.52. The number of hydrogen-bond donors (Lipinski definition) is 1. The van der Waals surface area contributed by atoms with Crippen molar-refractivity contribution in [1.82, 2.24) is 5.16 Å². The second kappa shape index (κ2) is 6.69. The topological polar surface area (TPSA) is 75.4 Å². The van der Waals surface area contributed by atoms with E-state index in [0.717, 1.165) is 5.69 Å². The minimum Gasteiger partial charge on any atom is -0.360 e. The molecule has 0 unspecified atom stereocenters. The van der Waals surface area contributed by atoms with Crippen LogP contribution in [0.1, 0.15) is 19.1 Å². The first-order chi connectivity index (χ1) is 10.1. The molecule has 6 nitrogen and oxygen atoms in total. The predicted molar refractivity (Wildman–Crippen MR) is 79.0 cm³/mol. The van der Waals surface area contributed by atoms with Crippen molar-refractivity contribution in [2.24, 2.45) is 0 Å². The number of para-hydroxylation sites is 1. The number of aromatic nitrogens is 1. The Morgan fingerprint density at radius 1 is 1.29 bits per heavy atom. The summed E-state index contributed by atoms with van der Waals surface area (Å²) in [7, 11) is 0. The molecule has 2 amide bonds. The number of carbonyl (C=O) groups excluding carboxylic acids is 2. The van der Waals surface area contributed by atoms with Crippen LogP contribution < -0.4 is 10.2 Å². The fraction of sp³-hybridized carbons (Fsp3) is 0.267. The molecule has 1 aromatic carbocycles.